The Hall–Kier alpha value is -2.96. The van der Waals surface area contributed by atoms with Gasteiger partial charge in [-0.1, -0.05) is 38.0 Å². The van der Waals surface area contributed by atoms with Crippen molar-refractivity contribution in [3.05, 3.63) is 69.0 Å². The molecule has 2 aromatic heterocycles. The second kappa shape index (κ2) is 7.81. The average molecular weight is 396 g/mol. The van der Waals surface area contributed by atoms with Gasteiger partial charge in [0.2, 0.25) is 0 Å². The molecule has 2 N–H and O–H groups in total. The van der Waals surface area contributed by atoms with Gasteiger partial charge in [-0.25, -0.2) is 13.9 Å². The molecule has 0 bridgehead atoms. The van der Waals surface area contributed by atoms with Gasteiger partial charge in [-0.05, 0) is 37.3 Å². The summed E-state index contributed by atoms with van der Waals surface area (Å²) >= 11 is 0. The van der Waals surface area contributed by atoms with Gasteiger partial charge in [0.05, 0.1) is 0 Å². The highest BCUT2D eigenvalue weighted by Gasteiger charge is 2.25. The summed E-state index contributed by atoms with van der Waals surface area (Å²) in [6.07, 6.45) is 6.04. The summed E-state index contributed by atoms with van der Waals surface area (Å²) in [6, 6.07) is 6.52. The second-order valence-corrected chi connectivity index (χ2v) is 7.94. The van der Waals surface area contributed by atoms with Crippen LogP contribution < -0.4 is 10.9 Å². The quantitative estimate of drug-likeness (QED) is 0.710. The molecule has 1 aromatic carbocycles. The molecule has 2 unspecified atom stereocenters. The predicted molar refractivity (Wildman–Crippen MR) is 109 cm³/mol. The number of nitrogens with zero attached hydrogens (tertiary/aromatic N) is 2. The van der Waals surface area contributed by atoms with Crippen molar-refractivity contribution in [2.24, 2.45) is 5.92 Å². The Labute approximate surface area is 168 Å². The number of nitrogens with one attached hydrogen (secondary N) is 2. The SMILES string of the molecule is Cc1nc2c(C(=O)NC3CCCCC3C)c[nH]n2c(=O)c1Cc1ccccc1F. The normalized spacial score (nSPS) is 19.4. The maximum atomic E-state index is 14.0. The lowest BCUT2D eigenvalue weighted by Crippen LogP contribution is -2.41. The van der Waals surface area contributed by atoms with Crippen LogP contribution in [-0.2, 0) is 6.42 Å². The summed E-state index contributed by atoms with van der Waals surface area (Å²) in [5.74, 6) is -0.150. The second-order valence-electron chi connectivity index (χ2n) is 7.94. The van der Waals surface area contributed by atoms with Gasteiger partial charge in [-0.15, -0.1) is 0 Å². The third kappa shape index (κ3) is 3.69. The van der Waals surface area contributed by atoms with Gasteiger partial charge in [-0.3, -0.25) is 14.7 Å². The van der Waals surface area contributed by atoms with Crippen molar-refractivity contribution in [3.8, 4) is 0 Å². The predicted octanol–water partition coefficient (Wildman–Crippen LogP) is 3.37. The number of carbonyl (C=O) groups excluding carboxylic acids is 1. The van der Waals surface area contributed by atoms with Crippen LogP contribution in [-0.4, -0.2) is 26.5 Å². The van der Waals surface area contributed by atoms with E-state index in [4.69, 9.17) is 0 Å². The van der Waals surface area contributed by atoms with Gasteiger partial charge in [0.1, 0.15) is 11.4 Å². The summed E-state index contributed by atoms with van der Waals surface area (Å²) in [6.45, 7) is 3.87. The van der Waals surface area contributed by atoms with E-state index < -0.39 is 0 Å². The highest BCUT2D eigenvalue weighted by Crippen LogP contribution is 2.24. The van der Waals surface area contributed by atoms with Crippen LogP contribution in [0, 0.1) is 18.7 Å². The molecule has 1 aliphatic carbocycles. The zero-order valence-corrected chi connectivity index (χ0v) is 16.7. The first-order valence-electron chi connectivity index (χ1n) is 10.1. The first kappa shape index (κ1) is 19.4. The molecule has 1 aliphatic rings. The molecule has 0 spiro atoms. The number of aromatic amines is 1. The van der Waals surface area contributed by atoms with Gasteiger partial charge < -0.3 is 5.32 Å². The van der Waals surface area contributed by atoms with E-state index in [2.05, 4.69) is 22.3 Å². The van der Waals surface area contributed by atoms with Crippen LogP contribution in [0.3, 0.4) is 0 Å². The number of rotatable bonds is 4. The van der Waals surface area contributed by atoms with Crippen molar-refractivity contribution >= 4 is 11.6 Å². The number of H-pyrrole nitrogens is 1. The monoisotopic (exact) mass is 396 g/mol. The van der Waals surface area contributed by atoms with Gasteiger partial charge in [0.25, 0.3) is 11.5 Å². The molecule has 2 heterocycles. The Morgan fingerprint density at radius 1 is 1.31 bits per heavy atom. The first-order chi connectivity index (χ1) is 14.0. The molecule has 1 saturated carbocycles. The zero-order chi connectivity index (χ0) is 20.5. The molecule has 1 amide bonds. The van der Waals surface area contributed by atoms with Crippen LogP contribution in [0.1, 0.15) is 59.8 Å². The van der Waals surface area contributed by atoms with E-state index >= 15 is 0 Å². The first-order valence-corrected chi connectivity index (χ1v) is 10.1. The summed E-state index contributed by atoms with van der Waals surface area (Å²) < 4.78 is 15.3. The van der Waals surface area contributed by atoms with Crippen LogP contribution in [0.5, 0.6) is 0 Å². The van der Waals surface area contributed by atoms with E-state index in [1.54, 1.807) is 25.1 Å². The smallest absolute Gasteiger partial charge is 0.276 e. The van der Waals surface area contributed by atoms with Crippen LogP contribution in [0.2, 0.25) is 0 Å². The van der Waals surface area contributed by atoms with Gasteiger partial charge in [-0.2, -0.15) is 0 Å². The topological polar surface area (TPSA) is 79.3 Å². The number of carbonyl (C=O) groups is 1. The maximum Gasteiger partial charge on any atom is 0.276 e. The van der Waals surface area contributed by atoms with E-state index in [-0.39, 0.29) is 29.7 Å². The minimum Gasteiger partial charge on any atom is -0.349 e. The van der Waals surface area contributed by atoms with E-state index in [0.29, 0.717) is 33.9 Å². The lowest BCUT2D eigenvalue weighted by molar-refractivity contribution is 0.0911. The molecule has 6 nitrogen and oxygen atoms in total. The molecular formula is C22H25FN4O2. The highest BCUT2D eigenvalue weighted by atomic mass is 19.1. The van der Waals surface area contributed by atoms with Crippen molar-refractivity contribution < 1.29 is 9.18 Å². The molecule has 7 heteroatoms. The Kier molecular flexibility index (Phi) is 5.22. The minimum absolute atomic E-state index is 0.138. The molecule has 4 rings (SSSR count). The van der Waals surface area contributed by atoms with Crippen LogP contribution in [0.25, 0.3) is 5.65 Å². The summed E-state index contributed by atoms with van der Waals surface area (Å²) in [5.41, 5.74) is 1.66. The number of benzene rings is 1. The maximum absolute atomic E-state index is 14.0. The molecule has 1 fully saturated rings. The number of halogens is 1. The summed E-state index contributed by atoms with van der Waals surface area (Å²) in [7, 11) is 0. The van der Waals surface area contributed by atoms with E-state index in [0.717, 1.165) is 19.3 Å². The van der Waals surface area contributed by atoms with Crippen molar-refractivity contribution in [2.75, 3.05) is 0 Å². The molecular weight excluding hydrogens is 371 g/mol. The van der Waals surface area contributed by atoms with E-state index in [9.17, 15) is 14.0 Å². The number of fused-ring (bicyclic) bond motifs is 1. The Morgan fingerprint density at radius 3 is 2.83 bits per heavy atom. The third-order valence-corrected chi connectivity index (χ3v) is 5.96. The largest absolute Gasteiger partial charge is 0.349 e. The Balaban J connectivity index is 1.66. The standard InChI is InChI=1S/C22H25FN4O2/c1-13-7-3-6-10-19(13)26-21(28)17-12-24-27-20(17)25-14(2)16(22(27)29)11-15-8-4-5-9-18(15)23/h4-5,8-9,12-13,19,24H,3,6-7,10-11H2,1-2H3,(H,26,28). The molecule has 2 atom stereocenters. The van der Waals surface area contributed by atoms with Gasteiger partial charge >= 0.3 is 0 Å². The summed E-state index contributed by atoms with van der Waals surface area (Å²) in [4.78, 5) is 30.3. The summed E-state index contributed by atoms with van der Waals surface area (Å²) in [5, 5.41) is 5.94. The number of aryl methyl sites for hydroxylation is 1. The van der Waals surface area contributed by atoms with E-state index in [1.165, 1.54) is 23.2 Å². The Morgan fingerprint density at radius 2 is 2.07 bits per heavy atom. The number of amides is 1. The molecule has 0 radical (unpaired) electrons. The van der Waals surface area contributed by atoms with Crippen molar-refractivity contribution in [2.45, 2.75) is 52.0 Å². The third-order valence-electron chi connectivity index (χ3n) is 5.96. The van der Waals surface area contributed by atoms with Crippen molar-refractivity contribution in [3.63, 3.8) is 0 Å². The molecule has 0 saturated heterocycles. The number of hydrogen-bond acceptors (Lipinski definition) is 3. The zero-order valence-electron chi connectivity index (χ0n) is 16.7. The highest BCUT2D eigenvalue weighted by molar-refractivity contribution is 5.99. The van der Waals surface area contributed by atoms with Crippen LogP contribution >= 0.6 is 0 Å². The fraction of sp³-hybridized carbons (Fsp3) is 0.409. The van der Waals surface area contributed by atoms with Gasteiger partial charge in [0, 0.05) is 29.9 Å². The lowest BCUT2D eigenvalue weighted by Gasteiger charge is -2.29. The molecule has 152 valence electrons. The fourth-order valence-corrected chi connectivity index (χ4v) is 4.14. The van der Waals surface area contributed by atoms with Crippen LogP contribution in [0.4, 0.5) is 4.39 Å². The average Bonchev–Trinajstić information content (AvgIpc) is 3.12. The minimum atomic E-state index is -0.357. The Bertz CT molecular complexity index is 1120. The van der Waals surface area contributed by atoms with Gasteiger partial charge in [0.15, 0.2) is 5.65 Å². The fourth-order valence-electron chi connectivity index (χ4n) is 4.14. The van der Waals surface area contributed by atoms with E-state index in [1.807, 2.05) is 0 Å². The molecule has 29 heavy (non-hydrogen) atoms. The van der Waals surface area contributed by atoms with Crippen molar-refractivity contribution in [1.29, 1.82) is 0 Å². The number of hydrogen-bond donors (Lipinski definition) is 2. The van der Waals surface area contributed by atoms with Crippen LogP contribution in [0.15, 0.2) is 35.3 Å². The van der Waals surface area contributed by atoms with Crippen molar-refractivity contribution in [1.82, 2.24) is 19.9 Å². The molecule has 3 aromatic rings. The number of aromatic nitrogens is 3. The lowest BCUT2D eigenvalue weighted by atomic mass is 9.86. The molecule has 0 aliphatic heterocycles.